The molecule has 26 heavy (non-hydrogen) atoms. The summed E-state index contributed by atoms with van der Waals surface area (Å²) < 4.78 is 5.09. The molecule has 1 saturated carbocycles. The zero-order valence-corrected chi connectivity index (χ0v) is 14.7. The predicted octanol–water partition coefficient (Wildman–Crippen LogP) is 2.41. The summed E-state index contributed by atoms with van der Waals surface area (Å²) in [4.78, 5) is 24.9. The van der Waals surface area contributed by atoms with Crippen LogP contribution >= 0.6 is 0 Å². The number of hydrogen-bond donors (Lipinski definition) is 3. The summed E-state index contributed by atoms with van der Waals surface area (Å²) in [5, 5.41) is 5.65. The van der Waals surface area contributed by atoms with Gasteiger partial charge in [-0.3, -0.25) is 9.59 Å². The van der Waals surface area contributed by atoms with Crippen LogP contribution in [0.15, 0.2) is 48.5 Å². The lowest BCUT2D eigenvalue weighted by Crippen LogP contribution is -2.38. The van der Waals surface area contributed by atoms with Crippen LogP contribution in [-0.4, -0.2) is 31.5 Å². The van der Waals surface area contributed by atoms with E-state index in [-0.39, 0.29) is 17.9 Å². The molecule has 6 nitrogen and oxygen atoms in total. The van der Waals surface area contributed by atoms with E-state index in [4.69, 9.17) is 10.5 Å². The van der Waals surface area contributed by atoms with E-state index >= 15 is 0 Å². The first-order chi connectivity index (χ1) is 12.6. The molecule has 3 rings (SSSR count). The van der Waals surface area contributed by atoms with Gasteiger partial charge in [0.05, 0.1) is 18.4 Å². The Bertz CT molecular complexity index is 785. The molecule has 0 spiro atoms. The minimum Gasteiger partial charge on any atom is -0.497 e. The molecule has 2 amide bonds. The number of anilines is 1. The van der Waals surface area contributed by atoms with Gasteiger partial charge < -0.3 is 21.1 Å². The van der Waals surface area contributed by atoms with E-state index in [1.807, 2.05) is 0 Å². The fourth-order valence-corrected chi connectivity index (χ4v) is 2.72. The molecule has 2 aromatic rings. The van der Waals surface area contributed by atoms with Crippen LogP contribution in [0.1, 0.15) is 33.6 Å². The normalized spacial score (nSPS) is 14.4. The highest BCUT2D eigenvalue weighted by molar-refractivity contribution is 6.09. The number of benzene rings is 2. The number of ether oxygens (including phenoxy) is 1. The maximum Gasteiger partial charge on any atom is 0.255 e. The monoisotopic (exact) mass is 353 g/mol. The van der Waals surface area contributed by atoms with Gasteiger partial charge in [0.1, 0.15) is 5.75 Å². The topological polar surface area (TPSA) is 93.4 Å². The molecular weight excluding hydrogens is 330 g/mol. The van der Waals surface area contributed by atoms with Crippen molar-refractivity contribution in [3.63, 3.8) is 0 Å². The number of carbonyl (C=O) groups is 2. The molecule has 1 aliphatic rings. The molecule has 0 radical (unpaired) electrons. The van der Waals surface area contributed by atoms with Crippen molar-refractivity contribution in [1.29, 1.82) is 0 Å². The molecular formula is C20H23N3O3. The van der Waals surface area contributed by atoms with Crippen molar-refractivity contribution in [2.45, 2.75) is 18.9 Å². The number of hydrogen-bond acceptors (Lipinski definition) is 4. The van der Waals surface area contributed by atoms with Gasteiger partial charge in [-0.15, -0.1) is 0 Å². The van der Waals surface area contributed by atoms with E-state index in [0.29, 0.717) is 35.0 Å². The van der Waals surface area contributed by atoms with E-state index < -0.39 is 0 Å². The van der Waals surface area contributed by atoms with E-state index in [1.165, 1.54) is 0 Å². The number of nitrogens with one attached hydrogen (secondary N) is 2. The maximum atomic E-state index is 12.5. The van der Waals surface area contributed by atoms with Crippen molar-refractivity contribution in [3.05, 3.63) is 59.7 Å². The van der Waals surface area contributed by atoms with E-state index in [9.17, 15) is 9.59 Å². The van der Waals surface area contributed by atoms with Crippen LogP contribution in [0.5, 0.6) is 5.75 Å². The van der Waals surface area contributed by atoms with Gasteiger partial charge in [0.2, 0.25) is 0 Å². The minimum atomic E-state index is -0.289. The molecule has 1 aliphatic carbocycles. The van der Waals surface area contributed by atoms with Gasteiger partial charge in [0, 0.05) is 18.2 Å². The summed E-state index contributed by atoms with van der Waals surface area (Å²) in [6, 6.07) is 13.7. The molecule has 2 aromatic carbocycles. The van der Waals surface area contributed by atoms with Gasteiger partial charge in [-0.05, 0) is 55.2 Å². The predicted molar refractivity (Wildman–Crippen MR) is 100 cm³/mol. The van der Waals surface area contributed by atoms with Gasteiger partial charge in [-0.2, -0.15) is 0 Å². The SMILES string of the molecule is COc1ccc(C(=O)Nc2ccccc2C(=O)NCC(N)C2CC2)cc1. The van der Waals surface area contributed by atoms with Crippen LogP contribution in [0.3, 0.4) is 0 Å². The van der Waals surface area contributed by atoms with Crippen molar-refractivity contribution >= 4 is 17.5 Å². The molecule has 0 aromatic heterocycles. The Hall–Kier alpha value is -2.86. The van der Waals surface area contributed by atoms with Crippen molar-refractivity contribution in [1.82, 2.24) is 5.32 Å². The quantitative estimate of drug-likeness (QED) is 0.712. The number of rotatable bonds is 7. The van der Waals surface area contributed by atoms with Crippen molar-refractivity contribution in [3.8, 4) is 5.75 Å². The van der Waals surface area contributed by atoms with E-state index in [1.54, 1.807) is 55.6 Å². The largest absolute Gasteiger partial charge is 0.497 e. The summed E-state index contributed by atoms with van der Waals surface area (Å²) in [5.74, 6) is 0.656. The number of methoxy groups -OCH3 is 1. The van der Waals surface area contributed by atoms with E-state index in [0.717, 1.165) is 12.8 Å². The smallest absolute Gasteiger partial charge is 0.255 e. The highest BCUT2D eigenvalue weighted by Gasteiger charge is 2.28. The molecule has 6 heteroatoms. The first-order valence-electron chi connectivity index (χ1n) is 8.66. The van der Waals surface area contributed by atoms with E-state index in [2.05, 4.69) is 10.6 Å². The van der Waals surface area contributed by atoms with Crippen LogP contribution < -0.4 is 21.1 Å². The molecule has 1 fully saturated rings. The highest BCUT2D eigenvalue weighted by atomic mass is 16.5. The molecule has 1 unspecified atom stereocenters. The second-order valence-corrected chi connectivity index (χ2v) is 6.44. The summed E-state index contributed by atoms with van der Waals surface area (Å²) in [5.41, 5.74) is 7.39. The molecule has 0 aliphatic heterocycles. The second-order valence-electron chi connectivity index (χ2n) is 6.44. The Kier molecular flexibility index (Phi) is 5.53. The number of carbonyl (C=O) groups excluding carboxylic acids is 2. The zero-order chi connectivity index (χ0) is 18.5. The molecule has 0 saturated heterocycles. The van der Waals surface area contributed by atoms with Crippen LogP contribution in [0, 0.1) is 5.92 Å². The summed E-state index contributed by atoms with van der Waals surface area (Å²) in [6.45, 7) is 0.435. The van der Waals surface area contributed by atoms with Crippen molar-refractivity contribution in [2.24, 2.45) is 11.7 Å². The standard InChI is InChI=1S/C20H23N3O3/c1-26-15-10-8-14(9-11-15)19(24)23-18-5-3-2-4-16(18)20(25)22-12-17(21)13-6-7-13/h2-5,8-11,13,17H,6-7,12,21H2,1H3,(H,22,25)(H,23,24). The Balaban J connectivity index is 1.67. The Labute approximate surface area is 152 Å². The molecule has 0 bridgehead atoms. The second kappa shape index (κ2) is 8.01. The third-order valence-electron chi connectivity index (χ3n) is 4.50. The number of para-hydroxylation sites is 1. The number of amides is 2. The average molecular weight is 353 g/mol. The fourth-order valence-electron chi connectivity index (χ4n) is 2.72. The first kappa shape index (κ1) is 17.9. The zero-order valence-electron chi connectivity index (χ0n) is 14.7. The molecule has 0 heterocycles. The lowest BCUT2D eigenvalue weighted by molar-refractivity contribution is 0.0951. The Morgan fingerprint density at radius 2 is 1.81 bits per heavy atom. The fraction of sp³-hybridized carbons (Fsp3) is 0.300. The van der Waals surface area contributed by atoms with Crippen LogP contribution in [0.4, 0.5) is 5.69 Å². The summed E-state index contributed by atoms with van der Waals surface area (Å²) >= 11 is 0. The lowest BCUT2D eigenvalue weighted by atomic mass is 10.1. The first-order valence-corrected chi connectivity index (χ1v) is 8.66. The van der Waals surface area contributed by atoms with Gasteiger partial charge in [0.15, 0.2) is 0 Å². The average Bonchev–Trinajstić information content (AvgIpc) is 3.51. The third-order valence-corrected chi connectivity index (χ3v) is 4.50. The summed E-state index contributed by atoms with van der Waals surface area (Å²) in [7, 11) is 1.57. The Morgan fingerprint density at radius 3 is 2.46 bits per heavy atom. The van der Waals surface area contributed by atoms with Crippen molar-refractivity contribution in [2.75, 3.05) is 19.0 Å². The molecule has 1 atom stereocenters. The van der Waals surface area contributed by atoms with Gasteiger partial charge in [-0.1, -0.05) is 12.1 Å². The summed E-state index contributed by atoms with van der Waals surface area (Å²) in [6.07, 6.45) is 2.26. The van der Waals surface area contributed by atoms with Crippen molar-refractivity contribution < 1.29 is 14.3 Å². The number of nitrogens with two attached hydrogens (primary N) is 1. The minimum absolute atomic E-state index is 0.0139. The third kappa shape index (κ3) is 4.40. The van der Waals surface area contributed by atoms with Gasteiger partial charge in [0.25, 0.3) is 11.8 Å². The van der Waals surface area contributed by atoms with Gasteiger partial charge in [-0.25, -0.2) is 0 Å². The highest BCUT2D eigenvalue weighted by Crippen LogP contribution is 2.31. The molecule has 136 valence electrons. The van der Waals surface area contributed by atoms with Crippen LogP contribution in [0.2, 0.25) is 0 Å². The van der Waals surface area contributed by atoms with Gasteiger partial charge >= 0.3 is 0 Å². The maximum absolute atomic E-state index is 12.5. The van der Waals surface area contributed by atoms with Crippen LogP contribution in [0.25, 0.3) is 0 Å². The molecule has 4 N–H and O–H groups in total. The lowest BCUT2D eigenvalue weighted by Gasteiger charge is -2.14. The van der Waals surface area contributed by atoms with Crippen LogP contribution in [-0.2, 0) is 0 Å². The Morgan fingerprint density at radius 1 is 1.12 bits per heavy atom.